The number of halogens is 1. The number of nitrogens with one attached hydrogen (secondary N) is 1. The number of benzene rings is 1. The third-order valence-corrected chi connectivity index (χ3v) is 3.21. The van der Waals surface area contributed by atoms with Gasteiger partial charge >= 0.3 is 0 Å². The first-order valence-corrected chi connectivity index (χ1v) is 6.66. The van der Waals surface area contributed by atoms with Crippen LogP contribution in [0.5, 0.6) is 0 Å². The number of rotatable bonds is 6. The number of hydrogen-bond acceptors (Lipinski definition) is 3. The van der Waals surface area contributed by atoms with Crippen molar-refractivity contribution >= 4 is 27.5 Å². The monoisotopic (exact) mass is 313 g/mol. The van der Waals surface area contributed by atoms with E-state index in [2.05, 4.69) is 34.7 Å². The zero-order valence-corrected chi connectivity index (χ0v) is 12.6. The number of ether oxygens (including phenoxy) is 1. The lowest BCUT2D eigenvalue weighted by Gasteiger charge is -2.30. The molecule has 0 saturated carbocycles. The Morgan fingerprint density at radius 1 is 1.50 bits per heavy atom. The first-order chi connectivity index (χ1) is 8.47. The normalized spacial score (nSPS) is 10.7. The fourth-order valence-electron chi connectivity index (χ4n) is 1.82. The van der Waals surface area contributed by atoms with E-state index in [0.717, 1.165) is 22.3 Å². The van der Waals surface area contributed by atoms with Crippen LogP contribution in [0.25, 0.3) is 0 Å². The molecule has 0 aliphatic heterocycles. The minimum Gasteiger partial charge on any atom is -0.384 e. The molecule has 0 saturated heterocycles. The second kappa shape index (κ2) is 6.75. The predicted octanol–water partition coefficient (Wildman–Crippen LogP) is 2.59. The van der Waals surface area contributed by atoms with Crippen molar-refractivity contribution in [2.24, 2.45) is 5.73 Å². The highest BCUT2D eigenvalue weighted by Gasteiger charge is 2.16. The van der Waals surface area contributed by atoms with E-state index in [4.69, 9.17) is 15.9 Å². The summed E-state index contributed by atoms with van der Waals surface area (Å²) in [6.45, 7) is 5.63. The van der Waals surface area contributed by atoms with Gasteiger partial charge in [-0.15, -0.1) is 0 Å². The van der Waals surface area contributed by atoms with Crippen LogP contribution in [-0.2, 0) is 4.74 Å². The van der Waals surface area contributed by atoms with Gasteiger partial charge in [-0.1, -0.05) is 15.9 Å². The van der Waals surface area contributed by atoms with Crippen LogP contribution in [-0.4, -0.2) is 32.1 Å². The molecule has 0 aromatic heterocycles. The Balaban J connectivity index is 3.16. The van der Waals surface area contributed by atoms with E-state index in [-0.39, 0.29) is 5.84 Å². The van der Waals surface area contributed by atoms with Crippen molar-refractivity contribution in [3.05, 3.63) is 28.2 Å². The topological polar surface area (TPSA) is 62.3 Å². The Labute approximate surface area is 117 Å². The molecule has 4 nitrogen and oxygen atoms in total. The van der Waals surface area contributed by atoms with Crippen LogP contribution in [0.2, 0.25) is 0 Å². The van der Waals surface area contributed by atoms with Gasteiger partial charge in [0.1, 0.15) is 5.84 Å². The van der Waals surface area contributed by atoms with Gasteiger partial charge in [-0.25, -0.2) is 0 Å². The van der Waals surface area contributed by atoms with Crippen molar-refractivity contribution in [1.29, 1.82) is 5.41 Å². The molecule has 1 rings (SSSR count). The molecule has 5 heteroatoms. The maximum atomic E-state index is 7.66. The van der Waals surface area contributed by atoms with E-state index >= 15 is 0 Å². The van der Waals surface area contributed by atoms with Crippen molar-refractivity contribution < 1.29 is 4.74 Å². The lowest BCUT2D eigenvalue weighted by Crippen LogP contribution is -2.35. The molecular weight excluding hydrogens is 294 g/mol. The molecule has 0 aliphatic rings. The quantitative estimate of drug-likeness (QED) is 0.627. The molecule has 100 valence electrons. The number of nitrogens with two attached hydrogens (primary N) is 1. The van der Waals surface area contributed by atoms with E-state index in [9.17, 15) is 0 Å². The van der Waals surface area contributed by atoms with Crippen molar-refractivity contribution in [3.63, 3.8) is 0 Å². The van der Waals surface area contributed by atoms with Gasteiger partial charge in [-0.3, -0.25) is 5.41 Å². The Kier molecular flexibility index (Phi) is 5.62. The molecule has 0 aliphatic carbocycles. The second-order valence-corrected chi connectivity index (χ2v) is 5.27. The summed E-state index contributed by atoms with van der Waals surface area (Å²) in [5, 5.41) is 7.66. The Morgan fingerprint density at radius 2 is 2.17 bits per heavy atom. The number of nitrogens with zero attached hydrogens (tertiary/aromatic N) is 1. The molecule has 0 unspecified atom stereocenters. The van der Waals surface area contributed by atoms with Gasteiger partial charge in [0.2, 0.25) is 0 Å². The van der Waals surface area contributed by atoms with Crippen LogP contribution in [0.4, 0.5) is 5.69 Å². The highest BCUT2D eigenvalue weighted by molar-refractivity contribution is 9.10. The van der Waals surface area contributed by atoms with Gasteiger partial charge in [-0.05, 0) is 32.0 Å². The molecule has 1 aromatic rings. The van der Waals surface area contributed by atoms with Gasteiger partial charge in [0.05, 0.1) is 6.61 Å². The maximum absolute atomic E-state index is 7.66. The zero-order valence-electron chi connectivity index (χ0n) is 11.0. The standard InChI is InChI=1S/C13H20BrN3O/c1-9(2)17(6-7-18-3)12-8-10(14)4-5-11(12)13(15)16/h4-5,8-9H,6-7H2,1-3H3,(H3,15,16). The first kappa shape index (κ1) is 15.0. The van der Waals surface area contributed by atoms with Crippen LogP contribution < -0.4 is 10.6 Å². The summed E-state index contributed by atoms with van der Waals surface area (Å²) in [6, 6.07) is 6.07. The van der Waals surface area contributed by atoms with Crippen LogP contribution >= 0.6 is 15.9 Å². The highest BCUT2D eigenvalue weighted by Crippen LogP contribution is 2.26. The summed E-state index contributed by atoms with van der Waals surface area (Å²) >= 11 is 3.46. The van der Waals surface area contributed by atoms with Gasteiger partial charge in [0.25, 0.3) is 0 Å². The van der Waals surface area contributed by atoms with Crippen LogP contribution in [0.3, 0.4) is 0 Å². The highest BCUT2D eigenvalue weighted by atomic mass is 79.9. The van der Waals surface area contributed by atoms with Gasteiger partial charge < -0.3 is 15.4 Å². The van der Waals surface area contributed by atoms with Gasteiger partial charge in [-0.2, -0.15) is 0 Å². The van der Waals surface area contributed by atoms with Gasteiger partial charge in [0.15, 0.2) is 0 Å². The molecule has 3 N–H and O–H groups in total. The lowest BCUT2D eigenvalue weighted by atomic mass is 10.1. The number of nitrogen functional groups attached to an aromatic ring is 1. The Morgan fingerprint density at radius 3 is 2.67 bits per heavy atom. The molecule has 0 atom stereocenters. The molecule has 0 spiro atoms. The van der Waals surface area contributed by atoms with Crippen LogP contribution in [0.15, 0.2) is 22.7 Å². The third-order valence-electron chi connectivity index (χ3n) is 2.72. The average Bonchev–Trinajstić information content (AvgIpc) is 2.28. The number of methoxy groups -OCH3 is 1. The summed E-state index contributed by atoms with van der Waals surface area (Å²) in [7, 11) is 1.69. The maximum Gasteiger partial charge on any atom is 0.124 e. The molecule has 0 radical (unpaired) electrons. The minimum atomic E-state index is 0.0839. The molecular formula is C13H20BrN3O. The summed E-state index contributed by atoms with van der Waals surface area (Å²) in [5.41, 5.74) is 7.36. The zero-order chi connectivity index (χ0) is 13.7. The number of amidine groups is 1. The summed E-state index contributed by atoms with van der Waals surface area (Å²) in [6.07, 6.45) is 0. The van der Waals surface area contributed by atoms with Crippen molar-refractivity contribution in [3.8, 4) is 0 Å². The molecule has 18 heavy (non-hydrogen) atoms. The molecule has 0 fully saturated rings. The fraction of sp³-hybridized carbons (Fsp3) is 0.462. The second-order valence-electron chi connectivity index (χ2n) is 4.36. The van der Waals surface area contributed by atoms with Crippen LogP contribution in [0, 0.1) is 5.41 Å². The minimum absolute atomic E-state index is 0.0839. The van der Waals surface area contributed by atoms with E-state index in [1.54, 1.807) is 7.11 Å². The summed E-state index contributed by atoms with van der Waals surface area (Å²) in [5.74, 6) is 0.0839. The molecule has 0 heterocycles. The van der Waals surface area contributed by atoms with Crippen molar-refractivity contribution in [2.75, 3.05) is 25.2 Å². The van der Waals surface area contributed by atoms with Gasteiger partial charge in [0, 0.05) is 35.4 Å². The summed E-state index contributed by atoms with van der Waals surface area (Å²) in [4.78, 5) is 2.19. The molecule has 0 amide bonds. The average molecular weight is 314 g/mol. The smallest absolute Gasteiger partial charge is 0.124 e. The van der Waals surface area contributed by atoms with E-state index in [1.165, 1.54) is 0 Å². The van der Waals surface area contributed by atoms with Crippen molar-refractivity contribution in [1.82, 2.24) is 0 Å². The lowest BCUT2D eigenvalue weighted by molar-refractivity contribution is 0.204. The predicted molar refractivity (Wildman–Crippen MR) is 79.5 cm³/mol. The van der Waals surface area contributed by atoms with Crippen LogP contribution in [0.1, 0.15) is 19.4 Å². The van der Waals surface area contributed by atoms with E-state index in [1.807, 2.05) is 18.2 Å². The largest absolute Gasteiger partial charge is 0.384 e. The van der Waals surface area contributed by atoms with E-state index in [0.29, 0.717) is 12.6 Å². The summed E-state index contributed by atoms with van der Waals surface area (Å²) < 4.78 is 6.11. The molecule has 1 aromatic carbocycles. The molecule has 0 bridgehead atoms. The SMILES string of the molecule is COCCN(c1cc(Br)ccc1C(=N)N)C(C)C. The number of anilines is 1. The van der Waals surface area contributed by atoms with E-state index < -0.39 is 0 Å². The van der Waals surface area contributed by atoms with Crippen molar-refractivity contribution in [2.45, 2.75) is 19.9 Å². The number of hydrogen-bond donors (Lipinski definition) is 2. The fourth-order valence-corrected chi connectivity index (χ4v) is 2.17. The Bertz CT molecular complexity index is 421. The Hall–Kier alpha value is -1.07. The third kappa shape index (κ3) is 3.71. The first-order valence-electron chi connectivity index (χ1n) is 5.87.